The van der Waals surface area contributed by atoms with Crippen LogP contribution in [0.3, 0.4) is 0 Å². The van der Waals surface area contributed by atoms with Crippen molar-refractivity contribution in [1.29, 1.82) is 0 Å². The molecule has 0 saturated carbocycles. The van der Waals surface area contributed by atoms with Crippen LogP contribution < -0.4 is 0 Å². The van der Waals surface area contributed by atoms with E-state index in [0.717, 1.165) is 22.9 Å². The zero-order valence-electron chi connectivity index (χ0n) is 17.4. The number of ether oxygens (including phenoxy) is 1. The minimum absolute atomic E-state index is 0.0286. The number of esters is 1. The lowest BCUT2D eigenvalue weighted by molar-refractivity contribution is 0.0277. The van der Waals surface area contributed by atoms with Crippen LogP contribution in [0.2, 0.25) is 0 Å². The van der Waals surface area contributed by atoms with Gasteiger partial charge in [-0.15, -0.1) is 0 Å². The van der Waals surface area contributed by atoms with E-state index in [9.17, 15) is 14.7 Å². The number of carbonyl (C=O) groups is 2. The zero-order valence-corrected chi connectivity index (χ0v) is 17.4. The maximum absolute atomic E-state index is 13.6. The first kappa shape index (κ1) is 20.4. The maximum Gasteiger partial charge on any atom is 0.342 e. The smallest absolute Gasteiger partial charge is 0.342 e. The van der Waals surface area contributed by atoms with Crippen molar-refractivity contribution in [3.63, 3.8) is 0 Å². The van der Waals surface area contributed by atoms with Crippen LogP contribution in [0.15, 0.2) is 72.9 Å². The highest BCUT2D eigenvalue weighted by atomic mass is 16.5. The van der Waals surface area contributed by atoms with Gasteiger partial charge in [0, 0.05) is 28.2 Å². The zero-order chi connectivity index (χ0) is 22.0. The molecule has 0 aliphatic heterocycles. The molecule has 0 radical (unpaired) electrons. The second kappa shape index (κ2) is 8.48. The normalized spacial score (nSPS) is 11.9. The summed E-state index contributed by atoms with van der Waals surface area (Å²) in [6, 6.07) is 19.6. The Labute approximate surface area is 180 Å². The van der Waals surface area contributed by atoms with Gasteiger partial charge in [0.15, 0.2) is 6.10 Å². The second-order valence-electron chi connectivity index (χ2n) is 7.43. The van der Waals surface area contributed by atoms with E-state index < -0.39 is 12.1 Å². The Kier molecular flexibility index (Phi) is 5.58. The van der Waals surface area contributed by atoms with Crippen LogP contribution in [0, 0.1) is 6.92 Å². The van der Waals surface area contributed by atoms with Crippen LogP contribution >= 0.6 is 0 Å². The molecule has 3 aromatic carbocycles. The monoisotopic (exact) mass is 413 g/mol. The van der Waals surface area contributed by atoms with Crippen LogP contribution in [-0.4, -0.2) is 21.8 Å². The van der Waals surface area contributed by atoms with Gasteiger partial charge in [-0.2, -0.15) is 0 Å². The van der Waals surface area contributed by atoms with Gasteiger partial charge in [0.2, 0.25) is 5.78 Å². The first-order valence-electron chi connectivity index (χ1n) is 10.2. The maximum atomic E-state index is 13.6. The van der Waals surface area contributed by atoms with E-state index >= 15 is 0 Å². The van der Waals surface area contributed by atoms with Gasteiger partial charge >= 0.3 is 5.97 Å². The topological polar surface area (TPSA) is 79.4 Å². The molecule has 0 unspecified atom stereocenters. The van der Waals surface area contributed by atoms with Gasteiger partial charge in [-0.25, -0.2) is 4.79 Å². The fourth-order valence-corrected chi connectivity index (χ4v) is 3.75. The number of aryl methyl sites for hydroxylation is 2. The van der Waals surface area contributed by atoms with Crippen molar-refractivity contribution >= 4 is 22.7 Å². The van der Waals surface area contributed by atoms with E-state index in [0.29, 0.717) is 16.7 Å². The number of rotatable bonds is 6. The van der Waals surface area contributed by atoms with Crippen molar-refractivity contribution in [2.75, 3.05) is 0 Å². The fraction of sp³-hybridized carbons (Fsp3) is 0.154. The number of H-pyrrole nitrogens is 1. The third kappa shape index (κ3) is 3.82. The molecule has 4 rings (SSSR count). The Bertz CT molecular complexity index is 1260. The van der Waals surface area contributed by atoms with Gasteiger partial charge in [0.1, 0.15) is 11.3 Å². The Morgan fingerprint density at radius 3 is 2.45 bits per heavy atom. The summed E-state index contributed by atoms with van der Waals surface area (Å²) >= 11 is 0. The molecule has 0 amide bonds. The molecule has 1 atom stereocenters. The van der Waals surface area contributed by atoms with Crippen LogP contribution in [0.5, 0.6) is 5.75 Å². The highest BCUT2D eigenvalue weighted by molar-refractivity contribution is 6.11. The van der Waals surface area contributed by atoms with Gasteiger partial charge in [-0.1, -0.05) is 67.6 Å². The van der Waals surface area contributed by atoms with E-state index in [-0.39, 0.29) is 17.1 Å². The third-order valence-electron chi connectivity index (χ3n) is 5.47. The van der Waals surface area contributed by atoms with E-state index in [4.69, 9.17) is 4.74 Å². The van der Waals surface area contributed by atoms with E-state index in [2.05, 4.69) is 11.9 Å². The molecule has 0 spiro atoms. The number of carbonyl (C=O) groups excluding carboxylic acids is 2. The molecule has 5 heteroatoms. The van der Waals surface area contributed by atoms with Crippen LogP contribution in [0.1, 0.15) is 50.4 Å². The number of phenols is 1. The van der Waals surface area contributed by atoms with Crippen molar-refractivity contribution < 1.29 is 19.4 Å². The molecule has 4 aromatic rings. The standard InChI is InChI=1S/C26H23NO4/c1-3-17-12-8-13-19-21(15-27-22(17)19)24(29)25(18-10-5-4-6-11-18)31-26(30)20-14-7-9-16(2)23(20)28/h4-15,25,27-28H,3H2,1-2H3/t25-/m1/s1. The SMILES string of the molecule is CCc1cccc2c(C(=O)[C@H](OC(=O)c3cccc(C)c3O)c3ccccc3)c[nH]c12. The molecular formula is C26H23NO4. The Hall–Kier alpha value is -3.86. The first-order valence-corrected chi connectivity index (χ1v) is 10.2. The highest BCUT2D eigenvalue weighted by Crippen LogP contribution is 2.31. The Morgan fingerprint density at radius 1 is 0.968 bits per heavy atom. The summed E-state index contributed by atoms with van der Waals surface area (Å²) in [6.07, 6.45) is 1.35. The van der Waals surface area contributed by atoms with Crippen molar-refractivity contribution in [3.8, 4) is 5.75 Å². The van der Waals surface area contributed by atoms with E-state index in [1.54, 1.807) is 49.5 Å². The summed E-state index contributed by atoms with van der Waals surface area (Å²) in [7, 11) is 0. The number of ketones is 1. The van der Waals surface area contributed by atoms with Gasteiger partial charge in [0.25, 0.3) is 0 Å². The highest BCUT2D eigenvalue weighted by Gasteiger charge is 2.29. The van der Waals surface area contributed by atoms with Crippen LogP contribution in [0.4, 0.5) is 0 Å². The summed E-state index contributed by atoms with van der Waals surface area (Å²) in [5, 5.41) is 11.1. The minimum Gasteiger partial charge on any atom is -0.507 e. The van der Waals surface area contributed by atoms with Gasteiger partial charge in [-0.05, 0) is 30.5 Å². The summed E-state index contributed by atoms with van der Waals surface area (Å²) in [5.41, 5.74) is 3.62. The lowest BCUT2D eigenvalue weighted by Gasteiger charge is -2.18. The van der Waals surface area contributed by atoms with Crippen LogP contribution in [0.25, 0.3) is 10.9 Å². The molecule has 0 bridgehead atoms. The quantitative estimate of drug-likeness (QED) is 0.322. The largest absolute Gasteiger partial charge is 0.507 e. The molecule has 1 heterocycles. The van der Waals surface area contributed by atoms with Crippen molar-refractivity contribution in [1.82, 2.24) is 4.98 Å². The minimum atomic E-state index is -1.14. The molecule has 2 N–H and O–H groups in total. The summed E-state index contributed by atoms with van der Waals surface area (Å²) in [4.78, 5) is 29.7. The number of phenolic OH excluding ortho intramolecular Hbond substituents is 1. The lowest BCUT2D eigenvalue weighted by atomic mass is 9.98. The number of hydrogen-bond acceptors (Lipinski definition) is 4. The number of fused-ring (bicyclic) bond motifs is 1. The molecule has 0 fully saturated rings. The molecule has 31 heavy (non-hydrogen) atoms. The van der Waals surface area contributed by atoms with E-state index in [1.165, 1.54) is 6.07 Å². The molecule has 0 saturated heterocycles. The fourth-order valence-electron chi connectivity index (χ4n) is 3.75. The van der Waals surface area contributed by atoms with Gasteiger partial charge < -0.3 is 14.8 Å². The molecule has 156 valence electrons. The Morgan fingerprint density at radius 2 is 1.71 bits per heavy atom. The first-order chi connectivity index (χ1) is 15.0. The van der Waals surface area contributed by atoms with Crippen molar-refractivity contribution in [2.45, 2.75) is 26.4 Å². The number of hydrogen-bond donors (Lipinski definition) is 2. The number of aromatic amines is 1. The van der Waals surface area contributed by atoms with Crippen LogP contribution in [-0.2, 0) is 11.2 Å². The molecule has 5 nitrogen and oxygen atoms in total. The summed E-state index contributed by atoms with van der Waals surface area (Å²) in [5.74, 6) is -1.23. The Balaban J connectivity index is 1.75. The van der Waals surface area contributed by atoms with Gasteiger partial charge in [0.05, 0.1) is 0 Å². The molecule has 0 aliphatic rings. The predicted octanol–water partition coefficient (Wildman–Crippen LogP) is 5.53. The molecule has 0 aliphatic carbocycles. The van der Waals surface area contributed by atoms with Crippen molar-refractivity contribution in [2.24, 2.45) is 0 Å². The van der Waals surface area contributed by atoms with Gasteiger partial charge in [-0.3, -0.25) is 4.79 Å². The number of aromatic hydroxyl groups is 1. The van der Waals surface area contributed by atoms with E-state index in [1.807, 2.05) is 24.3 Å². The average molecular weight is 413 g/mol. The van der Waals surface area contributed by atoms with Crippen molar-refractivity contribution in [3.05, 3.63) is 101 Å². The lowest BCUT2D eigenvalue weighted by Crippen LogP contribution is -2.20. The number of nitrogens with one attached hydrogen (secondary N) is 1. The molecular weight excluding hydrogens is 390 g/mol. The molecule has 1 aromatic heterocycles. The third-order valence-corrected chi connectivity index (χ3v) is 5.47. The summed E-state index contributed by atoms with van der Waals surface area (Å²) < 4.78 is 5.69. The number of benzene rings is 3. The second-order valence-corrected chi connectivity index (χ2v) is 7.43. The number of aromatic nitrogens is 1. The number of Topliss-reactive ketones (excluding diaryl/α,β-unsaturated/α-hetero) is 1. The summed E-state index contributed by atoms with van der Waals surface area (Å²) in [6.45, 7) is 3.75. The predicted molar refractivity (Wildman–Crippen MR) is 119 cm³/mol. The number of para-hydroxylation sites is 2. The average Bonchev–Trinajstić information content (AvgIpc) is 3.23.